The number of likely N-dealkylation sites (tertiary alicyclic amines) is 1. The van der Waals surface area contributed by atoms with E-state index >= 15 is 0 Å². The molecule has 0 spiro atoms. The monoisotopic (exact) mass is 557 g/mol. The van der Waals surface area contributed by atoms with Crippen molar-refractivity contribution in [2.45, 2.75) is 77.5 Å². The first-order valence-electron chi connectivity index (χ1n) is 13.7. The third-order valence-electron chi connectivity index (χ3n) is 8.16. The quantitative estimate of drug-likeness (QED) is 0.442. The molecule has 1 saturated heterocycles. The van der Waals surface area contributed by atoms with Crippen LogP contribution in [-0.4, -0.2) is 53.2 Å². The van der Waals surface area contributed by atoms with Gasteiger partial charge in [0, 0.05) is 41.1 Å². The summed E-state index contributed by atoms with van der Waals surface area (Å²) in [6.45, 7) is 6.48. The zero-order chi connectivity index (χ0) is 28.3. The van der Waals surface area contributed by atoms with Crippen molar-refractivity contribution in [3.05, 3.63) is 52.7 Å². The third kappa shape index (κ3) is 6.17. The van der Waals surface area contributed by atoms with Crippen molar-refractivity contribution < 1.29 is 24.2 Å². The lowest BCUT2D eigenvalue weighted by Gasteiger charge is -2.36. The van der Waals surface area contributed by atoms with Gasteiger partial charge in [0.2, 0.25) is 11.8 Å². The topological polar surface area (TPSA) is 101 Å². The lowest BCUT2D eigenvalue weighted by Crippen LogP contribution is -2.49. The second-order valence-corrected chi connectivity index (χ2v) is 12.1. The predicted octanol–water partition coefficient (Wildman–Crippen LogP) is 5.49. The van der Waals surface area contributed by atoms with Crippen molar-refractivity contribution in [3.63, 3.8) is 0 Å². The number of rotatable bonds is 8. The number of aromatic nitrogens is 1. The van der Waals surface area contributed by atoms with E-state index in [9.17, 15) is 14.7 Å². The Labute approximate surface area is 236 Å². The normalized spacial score (nSPS) is 24.0. The maximum absolute atomic E-state index is 14.2. The van der Waals surface area contributed by atoms with Gasteiger partial charge in [-0.25, -0.2) is 9.78 Å². The number of benzene rings is 1. The van der Waals surface area contributed by atoms with E-state index in [0.29, 0.717) is 28.9 Å². The highest BCUT2D eigenvalue weighted by Gasteiger charge is 2.59. The molecule has 1 aromatic heterocycles. The second-order valence-electron chi connectivity index (χ2n) is 11.7. The van der Waals surface area contributed by atoms with Crippen LogP contribution in [0.3, 0.4) is 0 Å². The molecule has 1 aromatic carbocycles. The van der Waals surface area contributed by atoms with Crippen LogP contribution < -0.4 is 14.8 Å². The maximum atomic E-state index is 14.2. The summed E-state index contributed by atoms with van der Waals surface area (Å²) in [7, 11) is 3.15. The minimum Gasteiger partial charge on any atom is -0.496 e. The standard InChI is InChI=1S/C30H40ClN3O5/c1-30(2,3)24-25(32-17-19-16-20(31)14-15-22(19)38-4)26(21-12-9-13-23(33-21)39-5)34(27(24)29(36)37)28(35)18-10-7-6-8-11-18/h9,12-16,18,24-27,32H,6-8,10-11,17H2,1-5H3,(H,36,37)/t24-,25-,26-,27-/m1/s1. The highest BCUT2D eigenvalue weighted by Crippen LogP contribution is 2.49. The summed E-state index contributed by atoms with van der Waals surface area (Å²) in [4.78, 5) is 33.6. The molecular formula is C30H40ClN3O5. The van der Waals surface area contributed by atoms with Crippen LogP contribution in [0.1, 0.15) is 70.2 Å². The van der Waals surface area contributed by atoms with Crippen LogP contribution in [0.25, 0.3) is 0 Å². The molecule has 8 nitrogen and oxygen atoms in total. The van der Waals surface area contributed by atoms with E-state index in [1.165, 1.54) is 0 Å². The molecule has 0 radical (unpaired) electrons. The number of halogens is 1. The first-order valence-corrected chi connectivity index (χ1v) is 14.1. The van der Waals surface area contributed by atoms with E-state index in [4.69, 9.17) is 26.1 Å². The minimum absolute atomic E-state index is 0.101. The van der Waals surface area contributed by atoms with Crippen LogP contribution in [0.15, 0.2) is 36.4 Å². The van der Waals surface area contributed by atoms with E-state index in [-0.39, 0.29) is 11.8 Å². The number of ether oxygens (including phenoxy) is 2. The fourth-order valence-corrected chi connectivity index (χ4v) is 6.61. The van der Waals surface area contributed by atoms with Gasteiger partial charge in [0.25, 0.3) is 0 Å². The highest BCUT2D eigenvalue weighted by molar-refractivity contribution is 6.30. The summed E-state index contributed by atoms with van der Waals surface area (Å²) < 4.78 is 11.0. The number of hydrogen-bond donors (Lipinski definition) is 2. The zero-order valence-corrected chi connectivity index (χ0v) is 24.2. The number of amides is 1. The number of nitrogens with one attached hydrogen (secondary N) is 1. The van der Waals surface area contributed by atoms with Crippen LogP contribution in [0, 0.1) is 17.3 Å². The molecule has 4 rings (SSSR count). The molecule has 2 N–H and O–H groups in total. The lowest BCUT2D eigenvalue weighted by atomic mass is 9.72. The Hall–Kier alpha value is -2.84. The van der Waals surface area contributed by atoms with Crippen molar-refractivity contribution in [3.8, 4) is 11.6 Å². The molecule has 1 aliphatic heterocycles. The molecule has 1 saturated carbocycles. The van der Waals surface area contributed by atoms with Crippen LogP contribution >= 0.6 is 11.6 Å². The van der Waals surface area contributed by atoms with E-state index < -0.39 is 35.4 Å². The molecule has 2 aromatic rings. The molecule has 4 atom stereocenters. The average Bonchev–Trinajstić information content (AvgIpc) is 3.28. The van der Waals surface area contributed by atoms with Gasteiger partial charge < -0.3 is 24.8 Å². The third-order valence-corrected chi connectivity index (χ3v) is 8.39. The average molecular weight is 558 g/mol. The number of nitrogens with zero attached hydrogens (tertiary/aromatic N) is 2. The maximum Gasteiger partial charge on any atom is 0.326 e. The molecular weight excluding hydrogens is 518 g/mol. The first kappa shape index (κ1) is 29.2. The van der Waals surface area contributed by atoms with Gasteiger partial charge in [-0.15, -0.1) is 0 Å². The summed E-state index contributed by atoms with van der Waals surface area (Å²) in [6.07, 6.45) is 4.60. The van der Waals surface area contributed by atoms with E-state index in [1.54, 1.807) is 31.3 Å². The Morgan fingerprint density at radius 1 is 1.10 bits per heavy atom. The number of carboxylic acid groups (broad SMARTS) is 1. The Bertz CT molecular complexity index is 1180. The highest BCUT2D eigenvalue weighted by atomic mass is 35.5. The van der Waals surface area contributed by atoms with Gasteiger partial charge in [-0.05, 0) is 42.5 Å². The second kappa shape index (κ2) is 12.1. The smallest absolute Gasteiger partial charge is 0.326 e. The van der Waals surface area contributed by atoms with E-state index in [1.807, 2.05) is 45.0 Å². The Balaban J connectivity index is 1.84. The Morgan fingerprint density at radius 2 is 1.82 bits per heavy atom. The van der Waals surface area contributed by atoms with E-state index in [2.05, 4.69) is 5.32 Å². The molecule has 2 heterocycles. The number of methoxy groups -OCH3 is 2. The zero-order valence-electron chi connectivity index (χ0n) is 23.4. The summed E-state index contributed by atoms with van der Waals surface area (Å²) in [5, 5.41) is 14.9. The summed E-state index contributed by atoms with van der Waals surface area (Å²) >= 11 is 6.31. The van der Waals surface area contributed by atoms with Gasteiger partial charge in [0.15, 0.2) is 0 Å². The van der Waals surface area contributed by atoms with Crippen molar-refractivity contribution in [2.75, 3.05) is 14.2 Å². The molecule has 2 fully saturated rings. The molecule has 9 heteroatoms. The molecule has 212 valence electrons. The fourth-order valence-electron chi connectivity index (χ4n) is 6.42. The molecule has 0 unspecified atom stereocenters. The van der Waals surface area contributed by atoms with Crippen molar-refractivity contribution >= 4 is 23.5 Å². The van der Waals surface area contributed by atoms with Crippen LogP contribution in [0.4, 0.5) is 0 Å². The number of pyridine rings is 1. The van der Waals surface area contributed by atoms with Gasteiger partial charge in [-0.1, -0.05) is 57.7 Å². The molecule has 1 amide bonds. The lowest BCUT2D eigenvalue weighted by molar-refractivity contribution is -0.154. The minimum atomic E-state index is -1.02. The summed E-state index contributed by atoms with van der Waals surface area (Å²) in [5.41, 5.74) is 1.00. The molecule has 39 heavy (non-hydrogen) atoms. The van der Waals surface area contributed by atoms with Gasteiger partial charge >= 0.3 is 5.97 Å². The summed E-state index contributed by atoms with van der Waals surface area (Å²) in [6, 6.07) is 8.83. The first-order chi connectivity index (χ1) is 18.6. The van der Waals surface area contributed by atoms with Crippen molar-refractivity contribution in [2.24, 2.45) is 17.3 Å². The number of hydrogen-bond acceptors (Lipinski definition) is 6. The van der Waals surface area contributed by atoms with Crippen LogP contribution in [0.2, 0.25) is 5.02 Å². The number of carbonyl (C=O) groups excluding carboxylic acids is 1. The summed E-state index contributed by atoms with van der Waals surface area (Å²) in [5.74, 6) is -0.615. The van der Waals surface area contributed by atoms with Gasteiger partial charge in [-0.2, -0.15) is 0 Å². The van der Waals surface area contributed by atoms with Gasteiger partial charge in [0.05, 0.1) is 26.0 Å². The van der Waals surface area contributed by atoms with Crippen LogP contribution in [0.5, 0.6) is 11.6 Å². The molecule has 2 aliphatic rings. The number of aliphatic carboxylic acids is 1. The molecule has 0 bridgehead atoms. The van der Waals surface area contributed by atoms with Crippen molar-refractivity contribution in [1.29, 1.82) is 0 Å². The Kier molecular flexibility index (Phi) is 9.07. The molecule has 1 aliphatic carbocycles. The Morgan fingerprint density at radius 3 is 2.44 bits per heavy atom. The fraction of sp³-hybridized carbons (Fsp3) is 0.567. The number of carbonyl (C=O) groups is 2. The van der Waals surface area contributed by atoms with Gasteiger partial charge in [0.1, 0.15) is 11.8 Å². The van der Waals surface area contributed by atoms with Gasteiger partial charge in [-0.3, -0.25) is 4.79 Å². The number of carboxylic acids is 1. The van der Waals surface area contributed by atoms with Crippen LogP contribution in [-0.2, 0) is 16.1 Å². The predicted molar refractivity (Wildman–Crippen MR) is 150 cm³/mol. The largest absolute Gasteiger partial charge is 0.496 e. The van der Waals surface area contributed by atoms with Crippen molar-refractivity contribution in [1.82, 2.24) is 15.2 Å². The SMILES string of the molecule is COc1cccc([C@@H]2[C@H](NCc3cc(Cl)ccc3OC)[C@@H](C(C)(C)C)[C@H](C(=O)O)N2C(=O)C2CCCCC2)n1. The van der Waals surface area contributed by atoms with E-state index in [0.717, 1.165) is 37.7 Å².